The molecule has 1 heterocycles. The zero-order valence-electron chi connectivity index (χ0n) is 12.3. The van der Waals surface area contributed by atoms with E-state index >= 15 is 0 Å². The van der Waals surface area contributed by atoms with E-state index in [9.17, 15) is 14.4 Å². The van der Waals surface area contributed by atoms with Crippen LogP contribution in [-0.4, -0.2) is 37.9 Å². The lowest BCUT2D eigenvalue weighted by Crippen LogP contribution is -2.21. The molecule has 0 saturated carbocycles. The summed E-state index contributed by atoms with van der Waals surface area (Å²) >= 11 is 0. The summed E-state index contributed by atoms with van der Waals surface area (Å²) in [5.41, 5.74) is 1.51. The molecule has 0 aliphatic heterocycles. The van der Waals surface area contributed by atoms with Crippen molar-refractivity contribution in [3.63, 3.8) is 0 Å². The Morgan fingerprint density at radius 1 is 1.13 bits per heavy atom. The molecule has 0 radical (unpaired) electrons. The largest absolute Gasteiger partial charge is 0.481 e. The van der Waals surface area contributed by atoms with Crippen molar-refractivity contribution in [2.75, 3.05) is 10.6 Å². The van der Waals surface area contributed by atoms with Gasteiger partial charge in [0.1, 0.15) is 6.54 Å². The quantitative estimate of drug-likeness (QED) is 0.712. The maximum absolute atomic E-state index is 12.0. The molecule has 0 spiro atoms. The number of nitrogens with one attached hydrogen (secondary N) is 2. The van der Waals surface area contributed by atoms with Gasteiger partial charge < -0.3 is 15.7 Å². The smallest absolute Gasteiger partial charge is 0.309 e. The van der Waals surface area contributed by atoms with Crippen LogP contribution in [0.25, 0.3) is 0 Å². The first-order chi connectivity index (χ1) is 10.9. The Kier molecular flexibility index (Phi) is 5.03. The fourth-order valence-electron chi connectivity index (χ4n) is 1.88. The molecular formula is C14H15N5O4. The molecule has 2 rings (SSSR count). The summed E-state index contributed by atoms with van der Waals surface area (Å²) < 4.78 is 1.23. The molecule has 1 aromatic carbocycles. The van der Waals surface area contributed by atoms with Crippen LogP contribution in [0, 0.1) is 0 Å². The lowest BCUT2D eigenvalue weighted by atomic mass is 10.2. The molecule has 2 aromatic rings. The molecule has 120 valence electrons. The number of carbonyl (C=O) groups excluding carboxylic acids is 2. The molecule has 0 aliphatic rings. The van der Waals surface area contributed by atoms with Gasteiger partial charge in [0, 0.05) is 18.3 Å². The van der Waals surface area contributed by atoms with Gasteiger partial charge in [0.05, 0.1) is 18.3 Å². The normalized spacial score (nSPS) is 10.1. The zero-order chi connectivity index (χ0) is 16.8. The Bertz CT molecular complexity index is 723. The Morgan fingerprint density at radius 2 is 1.74 bits per heavy atom. The molecule has 0 aliphatic carbocycles. The van der Waals surface area contributed by atoms with Crippen LogP contribution in [0.2, 0.25) is 0 Å². The van der Waals surface area contributed by atoms with E-state index in [4.69, 9.17) is 5.11 Å². The van der Waals surface area contributed by atoms with E-state index in [1.807, 2.05) is 0 Å². The van der Waals surface area contributed by atoms with E-state index in [-0.39, 0.29) is 24.8 Å². The highest BCUT2D eigenvalue weighted by Crippen LogP contribution is 2.13. The molecule has 9 heteroatoms. The van der Waals surface area contributed by atoms with Crippen molar-refractivity contribution in [1.29, 1.82) is 0 Å². The Morgan fingerprint density at radius 3 is 2.30 bits per heavy atom. The van der Waals surface area contributed by atoms with E-state index in [2.05, 4.69) is 20.9 Å². The summed E-state index contributed by atoms with van der Waals surface area (Å²) in [6, 6.07) is 6.59. The van der Waals surface area contributed by atoms with Crippen LogP contribution in [-0.2, 0) is 27.3 Å². The highest BCUT2D eigenvalue weighted by atomic mass is 16.4. The molecule has 0 saturated heterocycles. The third-order valence-electron chi connectivity index (χ3n) is 2.81. The van der Waals surface area contributed by atoms with Crippen LogP contribution in [0.3, 0.4) is 0 Å². The number of anilines is 2. The van der Waals surface area contributed by atoms with Crippen LogP contribution < -0.4 is 10.6 Å². The fraction of sp³-hybridized carbons (Fsp3) is 0.214. The molecular weight excluding hydrogens is 302 g/mol. The van der Waals surface area contributed by atoms with E-state index in [0.717, 1.165) is 0 Å². The molecule has 9 nitrogen and oxygen atoms in total. The standard InChI is InChI=1S/C14H15N5O4/c1-9(20)16-10-2-4-11(5-3-10)17-13(21)8-19-12(6-14(22)23)7-15-18-19/h2-5,7H,6,8H2,1H3,(H,16,20)(H,17,21)(H,22,23). The van der Waals surface area contributed by atoms with Crippen molar-refractivity contribution >= 4 is 29.2 Å². The van der Waals surface area contributed by atoms with Gasteiger partial charge in [-0.25, -0.2) is 4.68 Å². The molecule has 0 fully saturated rings. The highest BCUT2D eigenvalue weighted by molar-refractivity contribution is 5.92. The third kappa shape index (κ3) is 4.92. The van der Waals surface area contributed by atoms with Crippen LogP contribution in [0.4, 0.5) is 11.4 Å². The molecule has 1 aromatic heterocycles. The van der Waals surface area contributed by atoms with Gasteiger partial charge in [-0.2, -0.15) is 0 Å². The molecule has 3 N–H and O–H groups in total. The van der Waals surface area contributed by atoms with Gasteiger partial charge in [-0.1, -0.05) is 5.21 Å². The van der Waals surface area contributed by atoms with Crippen LogP contribution >= 0.6 is 0 Å². The second kappa shape index (κ2) is 7.16. The number of carbonyl (C=O) groups is 3. The molecule has 0 unspecified atom stereocenters. The van der Waals surface area contributed by atoms with Crippen molar-refractivity contribution < 1.29 is 19.5 Å². The van der Waals surface area contributed by atoms with Crippen LogP contribution in [0.1, 0.15) is 12.6 Å². The molecule has 23 heavy (non-hydrogen) atoms. The predicted octanol–water partition coefficient (Wildman–Crippen LogP) is 0.502. The lowest BCUT2D eigenvalue weighted by Gasteiger charge is -2.08. The summed E-state index contributed by atoms with van der Waals surface area (Å²) in [5, 5.41) is 21.3. The monoisotopic (exact) mass is 317 g/mol. The summed E-state index contributed by atoms with van der Waals surface area (Å²) in [6.07, 6.45) is 1.05. The van der Waals surface area contributed by atoms with Crippen molar-refractivity contribution in [3.8, 4) is 0 Å². The Hall–Kier alpha value is -3.23. The summed E-state index contributed by atoms with van der Waals surface area (Å²) in [6.45, 7) is 1.26. The zero-order valence-corrected chi connectivity index (χ0v) is 12.3. The molecule has 0 bridgehead atoms. The minimum absolute atomic E-state index is 0.143. The predicted molar refractivity (Wildman–Crippen MR) is 80.7 cm³/mol. The number of carboxylic acid groups (broad SMARTS) is 1. The second-order valence-corrected chi connectivity index (χ2v) is 4.76. The maximum Gasteiger partial charge on any atom is 0.309 e. The minimum atomic E-state index is -1.03. The van der Waals surface area contributed by atoms with E-state index in [1.165, 1.54) is 17.8 Å². The van der Waals surface area contributed by atoms with Gasteiger partial charge in [-0.3, -0.25) is 14.4 Å². The topological polar surface area (TPSA) is 126 Å². The van der Waals surface area contributed by atoms with Crippen LogP contribution in [0.15, 0.2) is 30.5 Å². The Labute approximate surface area is 131 Å². The lowest BCUT2D eigenvalue weighted by molar-refractivity contribution is -0.136. The highest BCUT2D eigenvalue weighted by Gasteiger charge is 2.12. The summed E-state index contributed by atoms with van der Waals surface area (Å²) in [4.78, 5) is 33.6. The van der Waals surface area contributed by atoms with E-state index in [1.54, 1.807) is 24.3 Å². The SMILES string of the molecule is CC(=O)Nc1ccc(NC(=O)Cn2nncc2CC(=O)O)cc1. The number of nitrogens with zero attached hydrogens (tertiary/aromatic N) is 3. The first-order valence-corrected chi connectivity index (χ1v) is 6.70. The van der Waals surface area contributed by atoms with E-state index < -0.39 is 5.97 Å². The van der Waals surface area contributed by atoms with Gasteiger partial charge in [0.2, 0.25) is 11.8 Å². The summed E-state index contributed by atoms with van der Waals surface area (Å²) in [7, 11) is 0. The van der Waals surface area contributed by atoms with Crippen molar-refractivity contribution in [3.05, 3.63) is 36.2 Å². The van der Waals surface area contributed by atoms with Gasteiger partial charge in [-0.15, -0.1) is 5.10 Å². The molecule has 2 amide bonds. The number of aliphatic carboxylic acids is 1. The van der Waals surface area contributed by atoms with Crippen LogP contribution in [0.5, 0.6) is 0 Å². The third-order valence-corrected chi connectivity index (χ3v) is 2.81. The first kappa shape index (κ1) is 16.1. The first-order valence-electron chi connectivity index (χ1n) is 6.70. The Balaban J connectivity index is 1.96. The van der Waals surface area contributed by atoms with Gasteiger partial charge in [0.15, 0.2) is 0 Å². The second-order valence-electron chi connectivity index (χ2n) is 4.76. The van der Waals surface area contributed by atoms with Gasteiger partial charge >= 0.3 is 5.97 Å². The number of hydrogen-bond acceptors (Lipinski definition) is 5. The average molecular weight is 317 g/mol. The number of carboxylic acids is 1. The number of amides is 2. The fourth-order valence-corrected chi connectivity index (χ4v) is 1.88. The number of benzene rings is 1. The van der Waals surface area contributed by atoms with Gasteiger partial charge in [0.25, 0.3) is 0 Å². The number of aromatic nitrogens is 3. The summed E-state index contributed by atoms with van der Waals surface area (Å²) in [5.74, 6) is -1.57. The number of rotatable bonds is 6. The maximum atomic E-state index is 12.0. The average Bonchev–Trinajstić information content (AvgIpc) is 2.86. The minimum Gasteiger partial charge on any atom is -0.481 e. The van der Waals surface area contributed by atoms with Crippen molar-refractivity contribution in [2.24, 2.45) is 0 Å². The van der Waals surface area contributed by atoms with Crippen molar-refractivity contribution in [1.82, 2.24) is 15.0 Å². The van der Waals surface area contributed by atoms with Gasteiger partial charge in [-0.05, 0) is 24.3 Å². The number of hydrogen-bond donors (Lipinski definition) is 3. The van der Waals surface area contributed by atoms with Crippen molar-refractivity contribution in [2.45, 2.75) is 19.9 Å². The molecule has 0 atom stereocenters. The van der Waals surface area contributed by atoms with E-state index in [0.29, 0.717) is 17.1 Å².